The minimum Gasteiger partial charge on any atom is -0.310 e. The zero-order chi connectivity index (χ0) is 13.5. The van der Waals surface area contributed by atoms with Crippen molar-refractivity contribution >= 4 is 30.3 Å². The second-order valence-corrected chi connectivity index (χ2v) is 5.25. The molecule has 1 aromatic heterocycles. The van der Waals surface area contributed by atoms with Crippen LogP contribution in [0.2, 0.25) is 0 Å². The highest BCUT2D eigenvalue weighted by Crippen LogP contribution is 2.33. The van der Waals surface area contributed by atoms with Crippen LogP contribution in [0.15, 0.2) is 54.6 Å². The number of hydrogen-bond acceptors (Lipinski definition) is 0. The van der Waals surface area contributed by atoms with Gasteiger partial charge in [0.25, 0.3) is 0 Å². The van der Waals surface area contributed by atoms with Gasteiger partial charge in [-0.25, -0.2) is 0 Å². The molecule has 0 aliphatic heterocycles. The maximum atomic E-state index is 5.98. The van der Waals surface area contributed by atoms with Gasteiger partial charge in [-0.2, -0.15) is 0 Å². The van der Waals surface area contributed by atoms with E-state index in [0.29, 0.717) is 0 Å². The van der Waals surface area contributed by atoms with Crippen LogP contribution in [0.1, 0.15) is 17.7 Å². The van der Waals surface area contributed by atoms with Crippen molar-refractivity contribution in [2.45, 2.75) is 12.8 Å². The van der Waals surface area contributed by atoms with E-state index in [1.165, 1.54) is 27.8 Å². The summed E-state index contributed by atoms with van der Waals surface area (Å²) in [4.78, 5) is 0. The van der Waals surface area contributed by atoms with Crippen LogP contribution in [0, 0.1) is 0 Å². The fraction of sp³-hybridized carbons (Fsp3) is 0.111. The molecule has 2 aromatic carbocycles. The van der Waals surface area contributed by atoms with E-state index in [-0.39, 0.29) is 0 Å². The van der Waals surface area contributed by atoms with E-state index in [1.807, 2.05) is 6.07 Å². The summed E-state index contributed by atoms with van der Waals surface area (Å²) in [5.74, 6) is 0. The van der Waals surface area contributed by atoms with Gasteiger partial charge in [-0.3, -0.25) is 0 Å². The number of rotatable bonds is 1. The van der Waals surface area contributed by atoms with E-state index in [0.717, 1.165) is 18.3 Å². The van der Waals surface area contributed by atoms with Crippen molar-refractivity contribution in [3.8, 4) is 5.69 Å². The molecular formula is C18H14BN. The molecular weight excluding hydrogens is 241 g/mol. The molecule has 0 fully saturated rings. The lowest BCUT2D eigenvalue weighted by Crippen LogP contribution is -2.01. The maximum Gasteiger partial charge on any atom is 0.113 e. The van der Waals surface area contributed by atoms with Gasteiger partial charge in [-0.1, -0.05) is 41.9 Å². The Morgan fingerprint density at radius 3 is 2.70 bits per heavy atom. The van der Waals surface area contributed by atoms with Crippen molar-refractivity contribution < 1.29 is 0 Å². The largest absolute Gasteiger partial charge is 0.310 e. The van der Waals surface area contributed by atoms with Crippen molar-refractivity contribution in [2.24, 2.45) is 0 Å². The molecule has 1 aliphatic rings. The average Bonchev–Trinajstić information content (AvgIpc) is 2.82. The van der Waals surface area contributed by atoms with Crippen LogP contribution in [0.3, 0.4) is 0 Å². The van der Waals surface area contributed by atoms with Gasteiger partial charge in [0.05, 0.1) is 5.52 Å². The average molecular weight is 255 g/mol. The summed E-state index contributed by atoms with van der Waals surface area (Å²) < 4.78 is 2.33. The first-order valence-electron chi connectivity index (χ1n) is 6.99. The fourth-order valence-electron chi connectivity index (χ4n) is 3.11. The van der Waals surface area contributed by atoms with Crippen LogP contribution in [0.5, 0.6) is 0 Å². The number of allylic oxidation sites excluding steroid dienone is 1. The molecule has 0 unspecified atom stereocenters. The van der Waals surface area contributed by atoms with E-state index in [2.05, 4.69) is 59.2 Å². The molecule has 0 saturated carbocycles. The molecule has 0 saturated heterocycles. The number of para-hydroxylation sites is 1. The van der Waals surface area contributed by atoms with Gasteiger partial charge >= 0.3 is 0 Å². The lowest BCUT2D eigenvalue weighted by molar-refractivity contribution is 0.967. The van der Waals surface area contributed by atoms with Gasteiger partial charge in [0.15, 0.2) is 0 Å². The molecule has 1 nitrogen and oxygen atoms in total. The second kappa shape index (κ2) is 4.41. The standard InChI is InChI=1S/C18H14BN/c19-13-10-11-18-16(12-13)15-8-4-5-9-17(15)20(18)14-6-2-1-3-7-14/h1-3,5-7,9-12H,4,8H2. The summed E-state index contributed by atoms with van der Waals surface area (Å²) in [6, 6.07) is 16.7. The van der Waals surface area contributed by atoms with Crippen molar-refractivity contribution in [1.82, 2.24) is 4.57 Å². The van der Waals surface area contributed by atoms with Crippen LogP contribution in [-0.2, 0) is 6.42 Å². The summed E-state index contributed by atoms with van der Waals surface area (Å²) in [6.07, 6.45) is 6.69. The number of aromatic nitrogens is 1. The van der Waals surface area contributed by atoms with Crippen LogP contribution < -0.4 is 5.46 Å². The number of hydrogen-bond donors (Lipinski definition) is 0. The molecule has 0 bridgehead atoms. The van der Waals surface area contributed by atoms with E-state index in [1.54, 1.807) is 0 Å². The predicted molar refractivity (Wildman–Crippen MR) is 86.0 cm³/mol. The molecule has 0 amide bonds. The van der Waals surface area contributed by atoms with Crippen LogP contribution in [0.25, 0.3) is 22.7 Å². The Hall–Kier alpha value is -2.22. The monoisotopic (exact) mass is 255 g/mol. The molecule has 2 heteroatoms. The third kappa shape index (κ3) is 1.65. The maximum absolute atomic E-state index is 5.98. The number of fused-ring (bicyclic) bond motifs is 3. The smallest absolute Gasteiger partial charge is 0.113 e. The van der Waals surface area contributed by atoms with Gasteiger partial charge < -0.3 is 4.57 Å². The predicted octanol–water partition coefficient (Wildman–Crippen LogP) is 3.38. The molecule has 0 N–H and O–H groups in total. The lowest BCUT2D eigenvalue weighted by atomic mass is 9.92. The number of benzene rings is 2. The summed E-state index contributed by atoms with van der Waals surface area (Å²) >= 11 is 0. The van der Waals surface area contributed by atoms with Crippen molar-refractivity contribution in [2.75, 3.05) is 0 Å². The molecule has 0 atom stereocenters. The van der Waals surface area contributed by atoms with E-state index >= 15 is 0 Å². The zero-order valence-corrected chi connectivity index (χ0v) is 11.2. The first-order chi connectivity index (χ1) is 9.84. The highest BCUT2D eigenvalue weighted by Gasteiger charge is 2.17. The van der Waals surface area contributed by atoms with Crippen molar-refractivity contribution in [3.63, 3.8) is 0 Å². The Balaban J connectivity index is 2.13. The van der Waals surface area contributed by atoms with Crippen molar-refractivity contribution in [1.29, 1.82) is 0 Å². The molecule has 3 aromatic rings. The minimum atomic E-state index is 0.833. The first-order valence-corrected chi connectivity index (χ1v) is 6.99. The highest BCUT2D eigenvalue weighted by molar-refractivity contribution is 6.33. The topological polar surface area (TPSA) is 4.93 Å². The third-order valence-electron chi connectivity index (χ3n) is 3.99. The highest BCUT2D eigenvalue weighted by atomic mass is 15.0. The SMILES string of the molecule is [B]c1ccc2c(c1)c1c(n2-c2ccccc2)C=CCC1. The van der Waals surface area contributed by atoms with Crippen LogP contribution >= 0.6 is 0 Å². The summed E-state index contributed by atoms with van der Waals surface area (Å²) in [6.45, 7) is 0. The zero-order valence-electron chi connectivity index (χ0n) is 11.2. The number of aryl methyl sites for hydroxylation is 1. The van der Waals surface area contributed by atoms with Gasteiger partial charge in [-0.15, -0.1) is 0 Å². The molecule has 2 radical (unpaired) electrons. The van der Waals surface area contributed by atoms with Gasteiger partial charge in [0.2, 0.25) is 0 Å². The summed E-state index contributed by atoms with van der Waals surface area (Å²) in [5.41, 5.74) is 5.98. The van der Waals surface area contributed by atoms with Gasteiger partial charge in [0, 0.05) is 16.8 Å². The molecule has 20 heavy (non-hydrogen) atoms. The minimum absolute atomic E-state index is 0.833. The van der Waals surface area contributed by atoms with Crippen LogP contribution in [-0.4, -0.2) is 12.4 Å². The summed E-state index contributed by atoms with van der Waals surface area (Å²) in [5, 5.41) is 1.29. The number of nitrogens with zero attached hydrogens (tertiary/aromatic N) is 1. The Morgan fingerprint density at radius 2 is 1.85 bits per heavy atom. The Bertz CT molecular complexity index is 812. The fourth-order valence-corrected chi connectivity index (χ4v) is 3.11. The second-order valence-electron chi connectivity index (χ2n) is 5.25. The molecule has 94 valence electrons. The molecule has 1 aliphatic carbocycles. The first kappa shape index (κ1) is 11.6. The Morgan fingerprint density at radius 1 is 1.00 bits per heavy atom. The molecule has 4 rings (SSSR count). The Kier molecular flexibility index (Phi) is 2.56. The normalized spacial score (nSPS) is 13.6. The Labute approximate surface area is 120 Å². The molecule has 0 spiro atoms. The van der Waals surface area contributed by atoms with Gasteiger partial charge in [-0.05, 0) is 42.7 Å². The van der Waals surface area contributed by atoms with E-state index < -0.39 is 0 Å². The van der Waals surface area contributed by atoms with Crippen LogP contribution in [0.4, 0.5) is 0 Å². The lowest BCUT2D eigenvalue weighted by Gasteiger charge is -2.11. The van der Waals surface area contributed by atoms with Crippen molar-refractivity contribution in [3.05, 3.63) is 65.9 Å². The third-order valence-corrected chi connectivity index (χ3v) is 3.99. The van der Waals surface area contributed by atoms with E-state index in [4.69, 9.17) is 7.85 Å². The quantitative estimate of drug-likeness (QED) is 0.587. The molecule has 1 heterocycles. The van der Waals surface area contributed by atoms with E-state index in [9.17, 15) is 0 Å². The van der Waals surface area contributed by atoms with Gasteiger partial charge in [0.1, 0.15) is 7.85 Å². The summed E-state index contributed by atoms with van der Waals surface area (Å²) in [7, 11) is 5.98.